The van der Waals surface area contributed by atoms with Gasteiger partial charge in [-0.3, -0.25) is 0 Å². The van der Waals surface area contributed by atoms with Crippen LogP contribution in [0.2, 0.25) is 0 Å². The lowest BCUT2D eigenvalue weighted by Gasteiger charge is -2.00. The summed E-state index contributed by atoms with van der Waals surface area (Å²) >= 11 is 3.64. The van der Waals surface area contributed by atoms with E-state index in [4.69, 9.17) is 0 Å². The summed E-state index contributed by atoms with van der Waals surface area (Å²) in [6, 6.07) is 17.1. The predicted octanol–water partition coefficient (Wildman–Crippen LogP) is 4.94. The Kier molecular flexibility index (Phi) is 3.85. The molecule has 0 unspecified atom stereocenters. The van der Waals surface area contributed by atoms with Crippen molar-refractivity contribution in [3.63, 3.8) is 0 Å². The van der Waals surface area contributed by atoms with Gasteiger partial charge >= 0.3 is 0 Å². The Morgan fingerprint density at radius 3 is 2.63 bits per heavy atom. The number of rotatable bonds is 4. The molecule has 0 aliphatic heterocycles. The first-order valence-electron chi connectivity index (χ1n) is 6.35. The molecule has 3 rings (SSSR count). The Morgan fingerprint density at radius 1 is 1.05 bits per heavy atom. The second-order valence-electron chi connectivity index (χ2n) is 4.53. The third-order valence-electron chi connectivity index (χ3n) is 3.01. The molecule has 1 heterocycles. The van der Waals surface area contributed by atoms with E-state index in [-0.39, 0.29) is 0 Å². The smallest absolute Gasteiger partial charge is 0.151 e. The van der Waals surface area contributed by atoms with E-state index in [0.717, 1.165) is 17.7 Å². The van der Waals surface area contributed by atoms with Crippen molar-refractivity contribution in [2.24, 2.45) is 0 Å². The number of hydrogen-bond acceptors (Lipinski definition) is 3. The van der Waals surface area contributed by atoms with Crippen molar-refractivity contribution in [3.8, 4) is 0 Å². The molecule has 3 heteroatoms. The number of thioether (sulfide) groups is 1. The van der Waals surface area contributed by atoms with Crippen LogP contribution in [0, 0.1) is 6.92 Å². The number of aryl methyl sites for hydroxylation is 2. The van der Waals surface area contributed by atoms with E-state index in [1.165, 1.54) is 20.2 Å². The Hall–Kier alpha value is -1.32. The molecule has 2 aromatic carbocycles. The summed E-state index contributed by atoms with van der Waals surface area (Å²) in [6.07, 6.45) is 1.10. The average molecular weight is 285 g/mol. The van der Waals surface area contributed by atoms with Crippen LogP contribution in [0.4, 0.5) is 0 Å². The van der Waals surface area contributed by atoms with Crippen LogP contribution in [0.3, 0.4) is 0 Å². The normalized spacial score (nSPS) is 11.0. The lowest BCUT2D eigenvalue weighted by Crippen LogP contribution is -1.88. The van der Waals surface area contributed by atoms with Crippen molar-refractivity contribution in [3.05, 3.63) is 59.7 Å². The number of aromatic nitrogens is 1. The highest BCUT2D eigenvalue weighted by molar-refractivity contribution is 8.01. The van der Waals surface area contributed by atoms with E-state index < -0.39 is 0 Å². The summed E-state index contributed by atoms with van der Waals surface area (Å²) in [5, 5.41) is 0. The van der Waals surface area contributed by atoms with Gasteiger partial charge < -0.3 is 0 Å². The Morgan fingerprint density at radius 2 is 1.84 bits per heavy atom. The van der Waals surface area contributed by atoms with Gasteiger partial charge in [-0.05, 0) is 31.0 Å². The van der Waals surface area contributed by atoms with Gasteiger partial charge in [0.2, 0.25) is 0 Å². The molecule has 96 valence electrons. The van der Waals surface area contributed by atoms with E-state index in [1.807, 2.05) is 17.8 Å². The first-order chi connectivity index (χ1) is 9.31. The number of benzene rings is 2. The third kappa shape index (κ3) is 3.17. The van der Waals surface area contributed by atoms with Crippen LogP contribution in [0.1, 0.15) is 11.1 Å². The predicted molar refractivity (Wildman–Crippen MR) is 85.2 cm³/mol. The van der Waals surface area contributed by atoms with Gasteiger partial charge in [0.15, 0.2) is 4.34 Å². The zero-order valence-corrected chi connectivity index (χ0v) is 12.4. The van der Waals surface area contributed by atoms with Crippen molar-refractivity contribution >= 4 is 33.3 Å². The SMILES string of the molecule is Cc1ccc(CCSc2nc3ccccc3s2)cc1. The molecule has 0 bridgehead atoms. The molecule has 19 heavy (non-hydrogen) atoms. The van der Waals surface area contributed by atoms with E-state index in [0.29, 0.717) is 0 Å². The van der Waals surface area contributed by atoms with Crippen molar-refractivity contribution in [2.75, 3.05) is 5.75 Å². The molecule has 0 radical (unpaired) electrons. The highest BCUT2D eigenvalue weighted by Gasteiger charge is 2.03. The maximum Gasteiger partial charge on any atom is 0.151 e. The minimum Gasteiger partial charge on any atom is -0.230 e. The molecular formula is C16H15NS2. The number of fused-ring (bicyclic) bond motifs is 1. The van der Waals surface area contributed by atoms with Gasteiger partial charge in [-0.2, -0.15) is 0 Å². The Labute approximate surface area is 121 Å². The summed E-state index contributed by atoms with van der Waals surface area (Å²) in [5.74, 6) is 1.09. The molecular weight excluding hydrogens is 270 g/mol. The fourth-order valence-corrected chi connectivity index (χ4v) is 4.05. The molecule has 0 saturated carbocycles. The van der Waals surface area contributed by atoms with Gasteiger partial charge in [-0.1, -0.05) is 53.7 Å². The van der Waals surface area contributed by atoms with Crippen LogP contribution >= 0.6 is 23.1 Å². The fraction of sp³-hybridized carbons (Fsp3) is 0.188. The maximum atomic E-state index is 4.64. The van der Waals surface area contributed by atoms with Gasteiger partial charge in [0.05, 0.1) is 10.2 Å². The molecule has 1 nitrogen and oxygen atoms in total. The van der Waals surface area contributed by atoms with E-state index in [9.17, 15) is 0 Å². The number of hydrogen-bond donors (Lipinski definition) is 0. The molecule has 0 spiro atoms. The van der Waals surface area contributed by atoms with Crippen molar-refractivity contribution in [1.82, 2.24) is 4.98 Å². The maximum absolute atomic E-state index is 4.64. The van der Waals surface area contributed by atoms with E-state index in [2.05, 4.69) is 54.4 Å². The lowest BCUT2D eigenvalue weighted by molar-refractivity contribution is 1.15. The molecule has 0 atom stereocenters. The van der Waals surface area contributed by atoms with Gasteiger partial charge in [-0.15, -0.1) is 11.3 Å². The largest absolute Gasteiger partial charge is 0.230 e. The summed E-state index contributed by atoms with van der Waals surface area (Å²) in [6.45, 7) is 2.12. The van der Waals surface area contributed by atoms with E-state index in [1.54, 1.807) is 11.3 Å². The van der Waals surface area contributed by atoms with Gasteiger partial charge in [0, 0.05) is 5.75 Å². The quantitative estimate of drug-likeness (QED) is 0.630. The number of nitrogens with zero attached hydrogens (tertiary/aromatic N) is 1. The second-order valence-corrected chi connectivity index (χ2v) is 6.90. The minimum atomic E-state index is 1.09. The first-order valence-corrected chi connectivity index (χ1v) is 8.15. The highest BCUT2D eigenvalue weighted by atomic mass is 32.2. The van der Waals surface area contributed by atoms with Crippen molar-refractivity contribution < 1.29 is 0 Å². The van der Waals surface area contributed by atoms with Crippen LogP contribution in [0.25, 0.3) is 10.2 Å². The van der Waals surface area contributed by atoms with E-state index >= 15 is 0 Å². The molecule has 3 aromatic rings. The minimum absolute atomic E-state index is 1.09. The second kappa shape index (κ2) is 5.76. The van der Waals surface area contributed by atoms with Crippen LogP contribution in [0.5, 0.6) is 0 Å². The Bertz CT molecular complexity index is 638. The van der Waals surface area contributed by atoms with Gasteiger partial charge in [-0.25, -0.2) is 4.98 Å². The molecule has 0 aliphatic carbocycles. The molecule has 0 saturated heterocycles. The van der Waals surface area contributed by atoms with Crippen molar-refractivity contribution in [1.29, 1.82) is 0 Å². The third-order valence-corrected chi connectivity index (χ3v) is 5.19. The van der Waals surface area contributed by atoms with Gasteiger partial charge in [0.25, 0.3) is 0 Å². The number of para-hydroxylation sites is 1. The molecule has 0 amide bonds. The van der Waals surface area contributed by atoms with Crippen LogP contribution in [-0.4, -0.2) is 10.7 Å². The average Bonchev–Trinajstić information content (AvgIpc) is 2.83. The Balaban J connectivity index is 1.61. The van der Waals surface area contributed by atoms with Crippen LogP contribution in [0.15, 0.2) is 52.9 Å². The highest BCUT2D eigenvalue weighted by Crippen LogP contribution is 2.29. The summed E-state index contributed by atoms with van der Waals surface area (Å²) in [7, 11) is 0. The zero-order chi connectivity index (χ0) is 13.1. The lowest BCUT2D eigenvalue weighted by atomic mass is 10.1. The zero-order valence-electron chi connectivity index (χ0n) is 10.8. The topological polar surface area (TPSA) is 12.9 Å². The summed E-state index contributed by atoms with van der Waals surface area (Å²) in [5.41, 5.74) is 3.84. The standard InChI is InChI=1S/C16H15NS2/c1-12-6-8-13(9-7-12)10-11-18-16-17-14-4-2-3-5-15(14)19-16/h2-9H,10-11H2,1H3. The van der Waals surface area contributed by atoms with Crippen LogP contribution in [-0.2, 0) is 6.42 Å². The number of thiazole rings is 1. The van der Waals surface area contributed by atoms with Crippen molar-refractivity contribution in [2.45, 2.75) is 17.7 Å². The monoisotopic (exact) mass is 285 g/mol. The van der Waals surface area contributed by atoms with Crippen LogP contribution < -0.4 is 0 Å². The molecule has 0 aliphatic rings. The summed E-state index contributed by atoms with van der Waals surface area (Å²) in [4.78, 5) is 4.64. The fourth-order valence-electron chi connectivity index (χ4n) is 1.92. The summed E-state index contributed by atoms with van der Waals surface area (Å²) < 4.78 is 2.45. The molecule has 1 aromatic heterocycles. The first kappa shape index (κ1) is 12.7. The molecule has 0 fully saturated rings. The molecule has 0 N–H and O–H groups in total. The van der Waals surface area contributed by atoms with Gasteiger partial charge in [0.1, 0.15) is 0 Å².